The van der Waals surface area contributed by atoms with E-state index in [2.05, 4.69) is 11.2 Å². The number of carbonyl (C=O) groups is 1. The standard InChI is InChI=1S/C9H13NO/c1-4-9(2,3)8(11)10-7-5-6-7/h1,7H,5-6H2,2-3H3,(H,10,11). The molecule has 0 bridgehead atoms. The van der Waals surface area contributed by atoms with Crippen LogP contribution in [0.15, 0.2) is 0 Å². The van der Waals surface area contributed by atoms with E-state index < -0.39 is 5.41 Å². The Hall–Kier alpha value is -0.970. The molecule has 0 aliphatic heterocycles. The van der Waals surface area contributed by atoms with Crippen molar-refractivity contribution in [1.29, 1.82) is 0 Å². The van der Waals surface area contributed by atoms with Gasteiger partial charge in [0, 0.05) is 6.04 Å². The molecule has 0 aromatic carbocycles. The van der Waals surface area contributed by atoms with Crippen LogP contribution >= 0.6 is 0 Å². The van der Waals surface area contributed by atoms with Gasteiger partial charge < -0.3 is 5.32 Å². The predicted octanol–water partition coefficient (Wildman–Crippen LogP) is 0.924. The van der Waals surface area contributed by atoms with Crippen molar-refractivity contribution in [3.8, 4) is 12.3 Å². The second kappa shape index (κ2) is 2.58. The van der Waals surface area contributed by atoms with Crippen LogP contribution in [-0.2, 0) is 4.79 Å². The van der Waals surface area contributed by atoms with E-state index in [-0.39, 0.29) is 5.91 Å². The van der Waals surface area contributed by atoms with Crippen molar-refractivity contribution in [3.63, 3.8) is 0 Å². The first-order valence-corrected chi connectivity index (χ1v) is 3.85. The Bertz CT molecular complexity index is 208. The van der Waals surface area contributed by atoms with Crippen LogP contribution in [-0.4, -0.2) is 11.9 Å². The smallest absolute Gasteiger partial charge is 0.237 e. The van der Waals surface area contributed by atoms with Crippen LogP contribution in [0.2, 0.25) is 0 Å². The third-order valence-corrected chi connectivity index (χ3v) is 1.84. The third kappa shape index (κ3) is 1.98. The van der Waals surface area contributed by atoms with Crippen LogP contribution in [0.5, 0.6) is 0 Å². The molecule has 1 aliphatic rings. The van der Waals surface area contributed by atoms with Gasteiger partial charge in [-0.05, 0) is 26.7 Å². The van der Waals surface area contributed by atoms with Crippen molar-refractivity contribution in [3.05, 3.63) is 0 Å². The summed E-state index contributed by atoms with van der Waals surface area (Å²) in [5.41, 5.74) is -0.650. The van der Waals surface area contributed by atoms with E-state index in [9.17, 15) is 4.79 Å². The van der Waals surface area contributed by atoms with Crippen LogP contribution in [0, 0.1) is 17.8 Å². The molecule has 2 nitrogen and oxygen atoms in total. The SMILES string of the molecule is C#CC(C)(C)C(=O)NC1CC1. The minimum atomic E-state index is -0.650. The van der Waals surface area contributed by atoms with E-state index in [1.165, 1.54) is 0 Å². The minimum Gasteiger partial charge on any atom is -0.352 e. The summed E-state index contributed by atoms with van der Waals surface area (Å²) >= 11 is 0. The maximum Gasteiger partial charge on any atom is 0.237 e. The molecule has 11 heavy (non-hydrogen) atoms. The number of nitrogens with one attached hydrogen (secondary N) is 1. The van der Waals surface area contributed by atoms with Gasteiger partial charge in [-0.3, -0.25) is 4.79 Å². The highest BCUT2D eigenvalue weighted by Crippen LogP contribution is 2.21. The van der Waals surface area contributed by atoms with Crippen LogP contribution in [0.4, 0.5) is 0 Å². The van der Waals surface area contributed by atoms with Crippen molar-refractivity contribution >= 4 is 5.91 Å². The monoisotopic (exact) mass is 151 g/mol. The number of terminal acetylenes is 1. The number of hydrogen-bond acceptors (Lipinski definition) is 1. The summed E-state index contributed by atoms with van der Waals surface area (Å²) in [6.07, 6.45) is 7.40. The largest absolute Gasteiger partial charge is 0.352 e. The Kier molecular flexibility index (Phi) is 1.90. The maximum absolute atomic E-state index is 11.3. The zero-order valence-electron chi connectivity index (χ0n) is 6.98. The molecule has 0 atom stereocenters. The molecular formula is C9H13NO. The molecule has 0 aromatic rings. The van der Waals surface area contributed by atoms with Crippen LogP contribution in [0.1, 0.15) is 26.7 Å². The van der Waals surface area contributed by atoms with Crippen LogP contribution in [0.25, 0.3) is 0 Å². The lowest BCUT2D eigenvalue weighted by atomic mass is 9.94. The molecule has 1 aliphatic carbocycles. The molecule has 1 fully saturated rings. The summed E-state index contributed by atoms with van der Waals surface area (Å²) in [4.78, 5) is 11.3. The fourth-order valence-electron chi connectivity index (χ4n) is 0.659. The van der Waals surface area contributed by atoms with Gasteiger partial charge in [0.25, 0.3) is 0 Å². The summed E-state index contributed by atoms with van der Waals surface area (Å²) in [5.74, 6) is 2.44. The highest BCUT2D eigenvalue weighted by atomic mass is 16.2. The quantitative estimate of drug-likeness (QED) is 0.584. The predicted molar refractivity (Wildman–Crippen MR) is 43.8 cm³/mol. The molecule has 0 radical (unpaired) electrons. The first kappa shape index (κ1) is 8.13. The Morgan fingerprint density at radius 3 is 2.55 bits per heavy atom. The molecule has 2 heteroatoms. The van der Waals surface area contributed by atoms with E-state index in [1.807, 2.05) is 0 Å². The van der Waals surface area contributed by atoms with Crippen molar-refractivity contribution in [2.45, 2.75) is 32.7 Å². The average Bonchev–Trinajstić information content (AvgIpc) is 2.72. The van der Waals surface area contributed by atoms with Crippen molar-refractivity contribution in [2.75, 3.05) is 0 Å². The topological polar surface area (TPSA) is 29.1 Å². The molecule has 0 aromatic heterocycles. The third-order valence-electron chi connectivity index (χ3n) is 1.84. The number of carbonyl (C=O) groups excluding carboxylic acids is 1. The molecule has 1 rings (SSSR count). The Morgan fingerprint density at radius 2 is 2.18 bits per heavy atom. The van der Waals surface area contributed by atoms with Crippen molar-refractivity contribution < 1.29 is 4.79 Å². The molecule has 0 heterocycles. The molecule has 60 valence electrons. The van der Waals surface area contributed by atoms with E-state index in [1.54, 1.807) is 13.8 Å². The lowest BCUT2D eigenvalue weighted by molar-refractivity contribution is -0.126. The number of amides is 1. The fourth-order valence-corrected chi connectivity index (χ4v) is 0.659. The van der Waals surface area contributed by atoms with Gasteiger partial charge >= 0.3 is 0 Å². The van der Waals surface area contributed by atoms with Gasteiger partial charge in [0.15, 0.2) is 0 Å². The van der Waals surface area contributed by atoms with Gasteiger partial charge in [0.2, 0.25) is 5.91 Å². The zero-order valence-corrected chi connectivity index (χ0v) is 6.98. The summed E-state index contributed by atoms with van der Waals surface area (Å²) in [6.45, 7) is 3.51. The first-order valence-electron chi connectivity index (χ1n) is 3.85. The van der Waals surface area contributed by atoms with Gasteiger partial charge in [-0.25, -0.2) is 0 Å². The number of hydrogen-bond donors (Lipinski definition) is 1. The summed E-state index contributed by atoms with van der Waals surface area (Å²) in [5, 5.41) is 2.86. The molecule has 1 N–H and O–H groups in total. The fraction of sp³-hybridized carbons (Fsp3) is 0.667. The summed E-state index contributed by atoms with van der Waals surface area (Å²) in [6, 6.07) is 0.398. The lowest BCUT2D eigenvalue weighted by Crippen LogP contribution is -2.37. The van der Waals surface area contributed by atoms with Crippen LogP contribution in [0.3, 0.4) is 0 Å². The second-order valence-electron chi connectivity index (χ2n) is 3.52. The van der Waals surface area contributed by atoms with E-state index >= 15 is 0 Å². The van der Waals surface area contributed by atoms with Gasteiger partial charge in [-0.2, -0.15) is 0 Å². The molecule has 0 spiro atoms. The number of rotatable bonds is 2. The summed E-state index contributed by atoms with van der Waals surface area (Å²) < 4.78 is 0. The Balaban J connectivity index is 2.46. The summed E-state index contributed by atoms with van der Waals surface area (Å²) in [7, 11) is 0. The molecule has 0 unspecified atom stereocenters. The van der Waals surface area contributed by atoms with Gasteiger partial charge in [-0.1, -0.05) is 5.92 Å². The van der Waals surface area contributed by atoms with Gasteiger partial charge in [0.05, 0.1) is 0 Å². The highest BCUT2D eigenvalue weighted by molar-refractivity contribution is 5.85. The molecule has 0 saturated heterocycles. The minimum absolute atomic E-state index is 0.0255. The molecule has 1 amide bonds. The normalized spacial score (nSPS) is 17.2. The second-order valence-corrected chi connectivity index (χ2v) is 3.52. The van der Waals surface area contributed by atoms with Crippen LogP contribution < -0.4 is 5.32 Å². The highest BCUT2D eigenvalue weighted by Gasteiger charge is 2.30. The van der Waals surface area contributed by atoms with Gasteiger partial charge in [-0.15, -0.1) is 6.42 Å². The van der Waals surface area contributed by atoms with E-state index in [0.29, 0.717) is 6.04 Å². The van der Waals surface area contributed by atoms with Crippen molar-refractivity contribution in [1.82, 2.24) is 5.32 Å². The van der Waals surface area contributed by atoms with E-state index in [4.69, 9.17) is 6.42 Å². The van der Waals surface area contributed by atoms with E-state index in [0.717, 1.165) is 12.8 Å². The molecule has 1 saturated carbocycles. The first-order chi connectivity index (χ1) is 5.06. The zero-order chi connectivity index (χ0) is 8.48. The Morgan fingerprint density at radius 1 is 1.64 bits per heavy atom. The van der Waals surface area contributed by atoms with Gasteiger partial charge in [0.1, 0.15) is 5.41 Å². The maximum atomic E-state index is 11.3. The lowest BCUT2D eigenvalue weighted by Gasteiger charge is -2.16. The average molecular weight is 151 g/mol. The van der Waals surface area contributed by atoms with Crippen molar-refractivity contribution in [2.24, 2.45) is 5.41 Å². The molecular weight excluding hydrogens is 138 g/mol. The Labute approximate surface area is 67.4 Å².